The summed E-state index contributed by atoms with van der Waals surface area (Å²) in [5, 5.41) is 2.92. The van der Waals surface area contributed by atoms with E-state index in [1.807, 2.05) is 19.1 Å². The van der Waals surface area contributed by atoms with Crippen LogP contribution in [-0.2, 0) is 11.2 Å². The lowest BCUT2D eigenvalue weighted by atomic mass is 10.0. The zero-order valence-corrected chi connectivity index (χ0v) is 15.1. The number of hydrogen-bond donors (Lipinski definition) is 1. The van der Waals surface area contributed by atoms with Gasteiger partial charge in [-0.3, -0.25) is 4.79 Å². The van der Waals surface area contributed by atoms with Gasteiger partial charge in [-0.25, -0.2) is 0 Å². The highest BCUT2D eigenvalue weighted by Gasteiger charge is 2.04. The van der Waals surface area contributed by atoms with Crippen LogP contribution < -0.4 is 10.1 Å². The first-order valence-electron chi connectivity index (χ1n) is 8.49. The van der Waals surface area contributed by atoms with E-state index in [9.17, 15) is 4.79 Å². The van der Waals surface area contributed by atoms with E-state index in [1.165, 1.54) is 22.3 Å². The standard InChI is InChI=1S/C21H27NO2/c1-15-8-9-19(14-17(15)3)10-11-21(23)22-12-13-24-20-7-5-6-16(2)18(20)4/h5-9,14H,10-13H2,1-4H3,(H,22,23). The van der Waals surface area contributed by atoms with Crippen LogP contribution in [0, 0.1) is 27.7 Å². The molecule has 3 nitrogen and oxygen atoms in total. The van der Waals surface area contributed by atoms with Gasteiger partial charge < -0.3 is 10.1 Å². The van der Waals surface area contributed by atoms with Gasteiger partial charge in [-0.15, -0.1) is 0 Å². The number of aryl methyl sites for hydroxylation is 4. The van der Waals surface area contributed by atoms with Crippen LogP contribution in [0.2, 0.25) is 0 Å². The van der Waals surface area contributed by atoms with E-state index in [2.05, 4.69) is 50.4 Å². The van der Waals surface area contributed by atoms with Crippen molar-refractivity contribution in [3.05, 3.63) is 64.2 Å². The van der Waals surface area contributed by atoms with Crippen LogP contribution in [0.3, 0.4) is 0 Å². The molecule has 0 spiro atoms. The van der Waals surface area contributed by atoms with Crippen LogP contribution in [0.4, 0.5) is 0 Å². The molecule has 2 rings (SSSR count). The van der Waals surface area contributed by atoms with E-state index in [4.69, 9.17) is 4.74 Å². The van der Waals surface area contributed by atoms with Gasteiger partial charge in [0.25, 0.3) is 0 Å². The van der Waals surface area contributed by atoms with Gasteiger partial charge in [0.2, 0.25) is 5.91 Å². The summed E-state index contributed by atoms with van der Waals surface area (Å²) < 4.78 is 5.74. The van der Waals surface area contributed by atoms with Crippen LogP contribution >= 0.6 is 0 Å². The number of carbonyl (C=O) groups excluding carboxylic acids is 1. The summed E-state index contributed by atoms with van der Waals surface area (Å²) in [4.78, 5) is 11.9. The molecular weight excluding hydrogens is 298 g/mol. The molecule has 0 aliphatic rings. The second kappa shape index (κ2) is 8.53. The Kier molecular flexibility index (Phi) is 6.42. The molecule has 3 heteroatoms. The van der Waals surface area contributed by atoms with Crippen LogP contribution in [0.15, 0.2) is 36.4 Å². The van der Waals surface area contributed by atoms with E-state index in [1.54, 1.807) is 0 Å². The first kappa shape index (κ1) is 18.1. The fourth-order valence-electron chi connectivity index (χ4n) is 2.54. The molecule has 0 aliphatic carbocycles. The summed E-state index contributed by atoms with van der Waals surface area (Å²) in [6, 6.07) is 12.4. The minimum Gasteiger partial charge on any atom is -0.491 e. The van der Waals surface area contributed by atoms with Crippen LogP contribution in [0.25, 0.3) is 0 Å². The van der Waals surface area contributed by atoms with Gasteiger partial charge in [-0.1, -0.05) is 30.3 Å². The van der Waals surface area contributed by atoms with Gasteiger partial charge in [0.05, 0.1) is 6.54 Å². The number of nitrogens with one attached hydrogen (secondary N) is 1. The molecule has 128 valence electrons. The topological polar surface area (TPSA) is 38.3 Å². The molecule has 0 heterocycles. The minimum absolute atomic E-state index is 0.0674. The first-order valence-corrected chi connectivity index (χ1v) is 8.49. The minimum atomic E-state index is 0.0674. The van der Waals surface area contributed by atoms with Crippen molar-refractivity contribution in [1.29, 1.82) is 0 Å². The van der Waals surface area contributed by atoms with Crippen molar-refractivity contribution in [2.24, 2.45) is 0 Å². The van der Waals surface area contributed by atoms with Crippen molar-refractivity contribution in [1.82, 2.24) is 5.32 Å². The molecule has 24 heavy (non-hydrogen) atoms. The smallest absolute Gasteiger partial charge is 0.220 e. The van der Waals surface area contributed by atoms with Gasteiger partial charge in [-0.05, 0) is 68.0 Å². The summed E-state index contributed by atoms with van der Waals surface area (Å²) in [6.07, 6.45) is 1.27. The van der Waals surface area contributed by atoms with E-state index >= 15 is 0 Å². The third-order valence-corrected chi connectivity index (χ3v) is 4.45. The summed E-state index contributed by atoms with van der Waals surface area (Å²) in [5.74, 6) is 0.956. The van der Waals surface area contributed by atoms with E-state index < -0.39 is 0 Å². The van der Waals surface area contributed by atoms with Crippen LogP contribution in [-0.4, -0.2) is 19.1 Å². The molecule has 0 aromatic heterocycles. The highest BCUT2D eigenvalue weighted by atomic mass is 16.5. The number of hydrogen-bond acceptors (Lipinski definition) is 2. The van der Waals surface area contributed by atoms with Crippen molar-refractivity contribution >= 4 is 5.91 Å². The largest absolute Gasteiger partial charge is 0.491 e. The van der Waals surface area contributed by atoms with Gasteiger partial charge in [0, 0.05) is 6.42 Å². The zero-order chi connectivity index (χ0) is 17.5. The predicted molar refractivity (Wildman–Crippen MR) is 98.7 cm³/mol. The molecule has 1 amide bonds. The second-order valence-electron chi connectivity index (χ2n) is 6.32. The van der Waals surface area contributed by atoms with Crippen molar-refractivity contribution in [2.75, 3.05) is 13.2 Å². The quantitative estimate of drug-likeness (QED) is 0.780. The number of carbonyl (C=O) groups is 1. The van der Waals surface area contributed by atoms with Gasteiger partial charge in [0.15, 0.2) is 0 Å². The van der Waals surface area contributed by atoms with Gasteiger partial charge in [0.1, 0.15) is 12.4 Å². The van der Waals surface area contributed by atoms with E-state index in [0.29, 0.717) is 19.6 Å². The average molecular weight is 325 g/mol. The lowest BCUT2D eigenvalue weighted by Gasteiger charge is -2.11. The number of rotatable bonds is 7. The molecule has 0 aliphatic heterocycles. The molecule has 2 aromatic carbocycles. The Hall–Kier alpha value is -2.29. The Morgan fingerprint density at radius 3 is 2.54 bits per heavy atom. The molecule has 1 N–H and O–H groups in total. The molecular formula is C21H27NO2. The second-order valence-corrected chi connectivity index (χ2v) is 6.32. The van der Waals surface area contributed by atoms with Gasteiger partial charge in [-0.2, -0.15) is 0 Å². The summed E-state index contributed by atoms with van der Waals surface area (Å²) in [7, 11) is 0. The highest BCUT2D eigenvalue weighted by molar-refractivity contribution is 5.76. The maximum Gasteiger partial charge on any atom is 0.220 e. The molecule has 2 aromatic rings. The number of benzene rings is 2. The summed E-state index contributed by atoms with van der Waals surface area (Å²) in [5.41, 5.74) is 6.13. The summed E-state index contributed by atoms with van der Waals surface area (Å²) >= 11 is 0. The fraction of sp³-hybridized carbons (Fsp3) is 0.381. The third-order valence-electron chi connectivity index (χ3n) is 4.45. The van der Waals surface area contributed by atoms with Crippen LogP contribution in [0.1, 0.15) is 34.2 Å². The summed E-state index contributed by atoms with van der Waals surface area (Å²) in [6.45, 7) is 9.33. The maximum atomic E-state index is 11.9. The predicted octanol–water partition coefficient (Wildman–Crippen LogP) is 4.05. The van der Waals surface area contributed by atoms with Crippen molar-refractivity contribution in [3.8, 4) is 5.75 Å². The normalized spacial score (nSPS) is 10.5. The van der Waals surface area contributed by atoms with E-state index in [0.717, 1.165) is 17.7 Å². The van der Waals surface area contributed by atoms with E-state index in [-0.39, 0.29) is 5.91 Å². The SMILES string of the molecule is Cc1ccc(CCC(=O)NCCOc2cccc(C)c2C)cc1C. The average Bonchev–Trinajstić information content (AvgIpc) is 2.56. The molecule has 0 atom stereocenters. The van der Waals surface area contributed by atoms with Crippen LogP contribution in [0.5, 0.6) is 5.75 Å². The Morgan fingerprint density at radius 2 is 1.79 bits per heavy atom. The zero-order valence-electron chi connectivity index (χ0n) is 15.1. The molecule has 0 bridgehead atoms. The molecule has 0 saturated heterocycles. The van der Waals surface area contributed by atoms with Crippen molar-refractivity contribution in [2.45, 2.75) is 40.5 Å². The Balaban J connectivity index is 1.69. The number of amides is 1. The maximum absolute atomic E-state index is 11.9. The van der Waals surface area contributed by atoms with Crippen molar-refractivity contribution < 1.29 is 9.53 Å². The molecule has 0 saturated carbocycles. The third kappa shape index (κ3) is 5.12. The fourth-order valence-corrected chi connectivity index (χ4v) is 2.54. The molecule has 0 radical (unpaired) electrons. The monoisotopic (exact) mass is 325 g/mol. The van der Waals surface area contributed by atoms with Crippen molar-refractivity contribution in [3.63, 3.8) is 0 Å². The molecule has 0 unspecified atom stereocenters. The number of ether oxygens (including phenoxy) is 1. The Bertz CT molecular complexity index is 707. The Morgan fingerprint density at radius 1 is 1.00 bits per heavy atom. The van der Waals surface area contributed by atoms with Gasteiger partial charge >= 0.3 is 0 Å². The lowest BCUT2D eigenvalue weighted by Crippen LogP contribution is -2.28. The Labute approximate surface area is 145 Å². The highest BCUT2D eigenvalue weighted by Crippen LogP contribution is 2.20. The lowest BCUT2D eigenvalue weighted by molar-refractivity contribution is -0.121. The molecule has 0 fully saturated rings. The first-order chi connectivity index (χ1) is 11.5.